The lowest BCUT2D eigenvalue weighted by Crippen LogP contribution is -2.52. The fourth-order valence-corrected chi connectivity index (χ4v) is 3.27. The summed E-state index contributed by atoms with van der Waals surface area (Å²) in [7, 11) is 0. The Morgan fingerprint density at radius 3 is 2.54 bits per heavy atom. The predicted molar refractivity (Wildman–Crippen MR) is 114 cm³/mol. The fourth-order valence-electron chi connectivity index (χ4n) is 3.27. The summed E-state index contributed by atoms with van der Waals surface area (Å²) in [6, 6.07) is 7.37. The molecular weight excluding hydrogens is 354 g/mol. The topological polar surface area (TPSA) is 73.8 Å². The summed E-state index contributed by atoms with van der Waals surface area (Å²) in [5.74, 6) is 0.738. The highest BCUT2D eigenvalue weighted by Crippen LogP contribution is 2.24. The number of nitrogens with zero attached hydrogens (tertiary/aromatic N) is 1. The average molecular weight is 392 g/mol. The van der Waals surface area contributed by atoms with E-state index in [4.69, 9.17) is 4.74 Å². The van der Waals surface area contributed by atoms with Crippen molar-refractivity contribution in [3.8, 4) is 5.75 Å². The lowest BCUT2D eigenvalue weighted by molar-refractivity contribution is -0.116. The number of benzene rings is 1. The molecule has 0 radical (unpaired) electrons. The second-order valence-electron chi connectivity index (χ2n) is 8.16. The van der Waals surface area contributed by atoms with Gasteiger partial charge in [0.15, 0.2) is 0 Å². The van der Waals surface area contributed by atoms with Gasteiger partial charge >= 0.3 is 0 Å². The van der Waals surface area contributed by atoms with Crippen molar-refractivity contribution >= 4 is 11.6 Å². The van der Waals surface area contributed by atoms with Gasteiger partial charge in [-0.2, -0.15) is 0 Å². The van der Waals surface area contributed by atoms with Crippen LogP contribution in [0.5, 0.6) is 5.75 Å². The molecule has 1 aromatic carbocycles. The number of amides is 1. The van der Waals surface area contributed by atoms with Gasteiger partial charge < -0.3 is 20.5 Å². The van der Waals surface area contributed by atoms with Crippen molar-refractivity contribution in [3.63, 3.8) is 0 Å². The standard InChI is InChI=1S/C22H37N3O3/c1-4-5-6-7-8-21(27)24-18-9-11-19(12-10-18)28-22(2,3)20(26)17-25-15-13-23-14-16-25/h9-12,20,23,26H,4-8,13-17H2,1-3H3,(H,24,27). The van der Waals surface area contributed by atoms with E-state index in [0.717, 1.165) is 44.7 Å². The van der Waals surface area contributed by atoms with Crippen molar-refractivity contribution in [3.05, 3.63) is 24.3 Å². The van der Waals surface area contributed by atoms with Gasteiger partial charge in [0.25, 0.3) is 0 Å². The first kappa shape index (κ1) is 22.7. The number of rotatable bonds is 11. The Labute approximate surface area is 169 Å². The molecule has 2 rings (SSSR count). The predicted octanol–water partition coefficient (Wildman–Crippen LogP) is 3.02. The van der Waals surface area contributed by atoms with Crippen molar-refractivity contribution < 1.29 is 14.6 Å². The van der Waals surface area contributed by atoms with Crippen LogP contribution in [0.2, 0.25) is 0 Å². The van der Waals surface area contributed by atoms with Gasteiger partial charge in [0.2, 0.25) is 5.91 Å². The lowest BCUT2D eigenvalue weighted by atomic mass is 10.0. The van der Waals surface area contributed by atoms with Crippen molar-refractivity contribution in [1.82, 2.24) is 10.2 Å². The number of β-amino-alcohol motifs (C(OH)–C–C–N with tert-alkyl or cyclic N) is 1. The van der Waals surface area contributed by atoms with Gasteiger partial charge in [0.1, 0.15) is 17.5 Å². The molecule has 1 heterocycles. The van der Waals surface area contributed by atoms with E-state index in [1.165, 1.54) is 12.8 Å². The molecule has 1 aromatic rings. The van der Waals surface area contributed by atoms with E-state index < -0.39 is 11.7 Å². The van der Waals surface area contributed by atoms with Gasteiger partial charge in [-0.1, -0.05) is 26.2 Å². The number of hydrogen-bond acceptors (Lipinski definition) is 5. The number of anilines is 1. The highest BCUT2D eigenvalue weighted by Gasteiger charge is 2.31. The largest absolute Gasteiger partial charge is 0.485 e. The fraction of sp³-hybridized carbons (Fsp3) is 0.682. The third kappa shape index (κ3) is 7.78. The van der Waals surface area contributed by atoms with Gasteiger partial charge in [-0.25, -0.2) is 0 Å². The highest BCUT2D eigenvalue weighted by molar-refractivity contribution is 5.90. The molecule has 1 amide bonds. The van der Waals surface area contributed by atoms with Crippen LogP contribution in [0, 0.1) is 0 Å². The third-order valence-electron chi connectivity index (χ3n) is 5.22. The Morgan fingerprint density at radius 2 is 1.89 bits per heavy atom. The monoisotopic (exact) mass is 391 g/mol. The molecule has 0 saturated carbocycles. The summed E-state index contributed by atoms with van der Waals surface area (Å²) in [4.78, 5) is 14.2. The normalized spacial score (nSPS) is 16.6. The first-order valence-electron chi connectivity index (χ1n) is 10.6. The van der Waals surface area contributed by atoms with E-state index in [2.05, 4.69) is 22.5 Å². The number of carbonyl (C=O) groups is 1. The van der Waals surface area contributed by atoms with Crippen molar-refractivity contribution in [2.24, 2.45) is 0 Å². The minimum absolute atomic E-state index is 0.0524. The quantitative estimate of drug-likeness (QED) is 0.506. The second kappa shape index (κ2) is 11.4. The maximum Gasteiger partial charge on any atom is 0.224 e. The van der Waals surface area contributed by atoms with Crippen LogP contribution in [0.15, 0.2) is 24.3 Å². The molecule has 1 aliphatic rings. The zero-order valence-corrected chi connectivity index (χ0v) is 17.7. The first-order chi connectivity index (χ1) is 13.4. The Hall–Kier alpha value is -1.63. The van der Waals surface area contributed by atoms with Crippen LogP contribution >= 0.6 is 0 Å². The van der Waals surface area contributed by atoms with Crippen LogP contribution in [0.25, 0.3) is 0 Å². The number of aliphatic hydroxyl groups excluding tert-OH is 1. The Balaban J connectivity index is 1.80. The van der Waals surface area contributed by atoms with E-state index in [9.17, 15) is 9.90 Å². The first-order valence-corrected chi connectivity index (χ1v) is 10.6. The third-order valence-corrected chi connectivity index (χ3v) is 5.22. The summed E-state index contributed by atoms with van der Waals surface area (Å²) < 4.78 is 6.05. The van der Waals surface area contributed by atoms with Crippen LogP contribution in [-0.2, 0) is 4.79 Å². The summed E-state index contributed by atoms with van der Waals surface area (Å²) >= 11 is 0. The minimum Gasteiger partial charge on any atom is -0.485 e. The number of ether oxygens (including phenoxy) is 1. The van der Waals surface area contributed by atoms with E-state index in [1.807, 2.05) is 38.1 Å². The molecule has 1 unspecified atom stereocenters. The molecule has 28 heavy (non-hydrogen) atoms. The molecule has 0 spiro atoms. The Kier molecular flexibility index (Phi) is 9.22. The van der Waals surface area contributed by atoms with Gasteiger partial charge in [-0.15, -0.1) is 0 Å². The van der Waals surface area contributed by atoms with Gasteiger partial charge in [0.05, 0.1) is 0 Å². The SMILES string of the molecule is CCCCCCC(=O)Nc1ccc(OC(C)(C)C(O)CN2CCNCC2)cc1. The Bertz CT molecular complexity index is 583. The maximum absolute atomic E-state index is 12.0. The summed E-state index contributed by atoms with van der Waals surface area (Å²) in [6.45, 7) is 10.4. The molecule has 6 nitrogen and oxygen atoms in total. The molecule has 0 aliphatic carbocycles. The van der Waals surface area contributed by atoms with Crippen LogP contribution in [0.4, 0.5) is 5.69 Å². The lowest BCUT2D eigenvalue weighted by Gasteiger charge is -2.36. The number of hydrogen-bond donors (Lipinski definition) is 3. The second-order valence-corrected chi connectivity index (χ2v) is 8.16. The molecule has 158 valence electrons. The molecule has 1 fully saturated rings. The van der Waals surface area contributed by atoms with E-state index in [0.29, 0.717) is 18.7 Å². The summed E-state index contributed by atoms with van der Waals surface area (Å²) in [5.41, 5.74) is 0.0709. The molecule has 6 heteroatoms. The van der Waals surface area contributed by atoms with Gasteiger partial charge in [-0.05, 0) is 44.5 Å². The van der Waals surface area contributed by atoms with E-state index >= 15 is 0 Å². The van der Waals surface area contributed by atoms with Crippen molar-refractivity contribution in [2.75, 3.05) is 38.0 Å². The average Bonchev–Trinajstić information content (AvgIpc) is 2.67. The zero-order valence-electron chi connectivity index (χ0n) is 17.7. The number of unbranched alkanes of at least 4 members (excludes halogenated alkanes) is 3. The maximum atomic E-state index is 12.0. The van der Waals surface area contributed by atoms with Crippen LogP contribution in [0.1, 0.15) is 52.9 Å². The summed E-state index contributed by atoms with van der Waals surface area (Å²) in [6.07, 6.45) is 4.35. The number of nitrogens with one attached hydrogen (secondary N) is 2. The molecule has 1 atom stereocenters. The van der Waals surface area contributed by atoms with Crippen LogP contribution in [-0.4, -0.2) is 60.3 Å². The van der Waals surface area contributed by atoms with Gasteiger partial charge in [-0.3, -0.25) is 9.69 Å². The summed E-state index contributed by atoms with van der Waals surface area (Å²) in [5, 5.41) is 16.9. The molecule has 0 bridgehead atoms. The minimum atomic E-state index is -0.699. The number of piperazine rings is 1. The Morgan fingerprint density at radius 1 is 1.21 bits per heavy atom. The smallest absolute Gasteiger partial charge is 0.224 e. The van der Waals surface area contributed by atoms with E-state index in [-0.39, 0.29) is 5.91 Å². The van der Waals surface area contributed by atoms with Crippen molar-refractivity contribution in [2.45, 2.75) is 64.6 Å². The van der Waals surface area contributed by atoms with Crippen LogP contribution < -0.4 is 15.4 Å². The molecule has 1 aliphatic heterocycles. The number of aliphatic hydroxyl groups is 1. The number of carbonyl (C=O) groups excluding carboxylic acids is 1. The molecule has 1 saturated heterocycles. The molecule has 0 aromatic heterocycles. The highest BCUT2D eigenvalue weighted by atomic mass is 16.5. The molecule has 3 N–H and O–H groups in total. The van der Waals surface area contributed by atoms with Gasteiger partial charge in [0, 0.05) is 44.8 Å². The van der Waals surface area contributed by atoms with E-state index in [1.54, 1.807) is 0 Å². The van der Waals surface area contributed by atoms with Crippen LogP contribution in [0.3, 0.4) is 0 Å². The van der Waals surface area contributed by atoms with Crippen molar-refractivity contribution in [1.29, 1.82) is 0 Å². The zero-order chi connectivity index (χ0) is 20.4. The molecular formula is C22H37N3O3.